The Hall–Kier alpha value is -1.89. The van der Waals surface area contributed by atoms with Gasteiger partial charge in [-0.1, -0.05) is 6.92 Å². The topological polar surface area (TPSA) is 102 Å². The largest absolute Gasteiger partial charge is 0.481 e. The third kappa shape index (κ3) is 3.56. The van der Waals surface area contributed by atoms with E-state index in [1.54, 1.807) is 0 Å². The maximum absolute atomic E-state index is 11.9. The van der Waals surface area contributed by atoms with Crippen molar-refractivity contribution in [1.82, 2.24) is 9.13 Å². The van der Waals surface area contributed by atoms with Crippen molar-refractivity contribution in [2.75, 3.05) is 0 Å². The van der Waals surface area contributed by atoms with Gasteiger partial charge in [0.05, 0.1) is 19.1 Å². The number of carboxylic acids is 1. The number of rotatable bonds is 6. The minimum atomic E-state index is -1.26. The second-order valence-corrected chi connectivity index (χ2v) is 3.99. The zero-order chi connectivity index (χ0) is 13.7. The van der Waals surface area contributed by atoms with Crippen molar-refractivity contribution in [2.45, 2.75) is 39.0 Å². The normalized spacial score (nSPS) is 12.3. The van der Waals surface area contributed by atoms with Crippen LogP contribution in [0.15, 0.2) is 21.9 Å². The van der Waals surface area contributed by atoms with Gasteiger partial charge in [0.25, 0.3) is 5.56 Å². The lowest BCUT2D eigenvalue weighted by atomic mass is 10.2. The number of hydrogen-bond acceptors (Lipinski definition) is 4. The number of aliphatic hydroxyl groups is 1. The molecule has 7 heteroatoms. The van der Waals surface area contributed by atoms with Gasteiger partial charge in [-0.3, -0.25) is 14.2 Å². The number of aryl methyl sites for hydroxylation is 1. The Morgan fingerprint density at radius 3 is 2.67 bits per heavy atom. The average molecular weight is 256 g/mol. The first-order valence-electron chi connectivity index (χ1n) is 5.65. The van der Waals surface area contributed by atoms with Crippen LogP contribution in [0.2, 0.25) is 0 Å². The Balaban J connectivity index is 3.01. The first-order chi connectivity index (χ1) is 8.45. The van der Waals surface area contributed by atoms with E-state index in [0.29, 0.717) is 6.54 Å². The molecule has 1 atom stereocenters. The molecule has 1 unspecified atom stereocenters. The van der Waals surface area contributed by atoms with E-state index in [0.717, 1.165) is 11.0 Å². The summed E-state index contributed by atoms with van der Waals surface area (Å²) in [6, 6.07) is 1.23. The summed E-state index contributed by atoms with van der Waals surface area (Å²) in [5, 5.41) is 18.0. The molecule has 1 rings (SSSR count). The van der Waals surface area contributed by atoms with E-state index in [1.165, 1.54) is 16.8 Å². The molecule has 100 valence electrons. The van der Waals surface area contributed by atoms with Gasteiger partial charge in [-0.25, -0.2) is 4.79 Å². The molecule has 0 saturated carbocycles. The summed E-state index contributed by atoms with van der Waals surface area (Å²) in [5.41, 5.74) is -1.08. The molecule has 1 aromatic heterocycles. The highest BCUT2D eigenvalue weighted by Gasteiger charge is 2.13. The first-order valence-corrected chi connectivity index (χ1v) is 5.65. The van der Waals surface area contributed by atoms with Crippen LogP contribution in [-0.2, 0) is 17.9 Å². The summed E-state index contributed by atoms with van der Waals surface area (Å²) in [5.74, 6) is -1.18. The van der Waals surface area contributed by atoms with Crippen molar-refractivity contribution in [1.29, 1.82) is 0 Å². The van der Waals surface area contributed by atoms with Crippen LogP contribution in [0.5, 0.6) is 0 Å². The lowest BCUT2D eigenvalue weighted by molar-refractivity contribution is -0.139. The molecule has 18 heavy (non-hydrogen) atoms. The van der Waals surface area contributed by atoms with Gasteiger partial charge in [0.2, 0.25) is 0 Å². The molecule has 2 N–H and O–H groups in total. The Labute approximate surface area is 103 Å². The molecule has 0 saturated heterocycles. The lowest BCUT2D eigenvalue weighted by Crippen LogP contribution is -2.41. The molecule has 0 aliphatic rings. The third-order valence-electron chi connectivity index (χ3n) is 2.41. The fourth-order valence-electron chi connectivity index (χ4n) is 1.61. The van der Waals surface area contributed by atoms with Gasteiger partial charge in [0.1, 0.15) is 0 Å². The van der Waals surface area contributed by atoms with Crippen LogP contribution in [0.25, 0.3) is 0 Å². The monoisotopic (exact) mass is 256 g/mol. The number of aliphatic hydroxyl groups excluding tert-OH is 1. The zero-order valence-corrected chi connectivity index (χ0v) is 10.1. The molecule has 0 aromatic carbocycles. The van der Waals surface area contributed by atoms with Crippen LogP contribution in [0.1, 0.15) is 19.8 Å². The highest BCUT2D eigenvalue weighted by molar-refractivity contribution is 5.67. The van der Waals surface area contributed by atoms with Crippen molar-refractivity contribution >= 4 is 5.97 Å². The smallest absolute Gasteiger partial charge is 0.331 e. The van der Waals surface area contributed by atoms with Crippen LogP contribution >= 0.6 is 0 Å². The summed E-state index contributed by atoms with van der Waals surface area (Å²) < 4.78 is 2.21. The lowest BCUT2D eigenvalue weighted by Gasteiger charge is -2.11. The molecule has 1 heterocycles. The van der Waals surface area contributed by atoms with Crippen molar-refractivity contribution < 1.29 is 15.0 Å². The SMILES string of the molecule is CCCn1ccc(=O)n(CC(O)CC(=O)O)c1=O. The summed E-state index contributed by atoms with van der Waals surface area (Å²) in [6.07, 6.45) is 0.365. The number of hydrogen-bond donors (Lipinski definition) is 2. The third-order valence-corrected chi connectivity index (χ3v) is 2.41. The van der Waals surface area contributed by atoms with Crippen molar-refractivity contribution in [2.24, 2.45) is 0 Å². The van der Waals surface area contributed by atoms with E-state index in [9.17, 15) is 19.5 Å². The molecule has 0 radical (unpaired) electrons. The molecule has 0 aliphatic carbocycles. The molecule has 0 amide bonds. The van der Waals surface area contributed by atoms with Gasteiger partial charge in [0, 0.05) is 18.8 Å². The van der Waals surface area contributed by atoms with E-state index in [1.807, 2.05) is 6.92 Å². The average Bonchev–Trinajstić information content (AvgIpc) is 2.27. The van der Waals surface area contributed by atoms with Crippen molar-refractivity contribution in [3.63, 3.8) is 0 Å². The van der Waals surface area contributed by atoms with E-state index in [2.05, 4.69) is 0 Å². The van der Waals surface area contributed by atoms with E-state index >= 15 is 0 Å². The molecular weight excluding hydrogens is 240 g/mol. The first kappa shape index (κ1) is 14.2. The molecule has 7 nitrogen and oxygen atoms in total. The van der Waals surface area contributed by atoms with Gasteiger partial charge < -0.3 is 14.8 Å². The predicted octanol–water partition coefficient (Wildman–Crippen LogP) is -0.744. The highest BCUT2D eigenvalue weighted by atomic mass is 16.4. The Morgan fingerprint density at radius 1 is 1.44 bits per heavy atom. The fraction of sp³-hybridized carbons (Fsp3) is 0.545. The standard InChI is InChI=1S/C11H16N2O5/c1-2-4-12-5-3-9(15)13(11(12)18)7-8(14)6-10(16)17/h3,5,8,14H,2,4,6-7H2,1H3,(H,16,17). The maximum atomic E-state index is 11.9. The van der Waals surface area contributed by atoms with E-state index in [-0.39, 0.29) is 6.54 Å². The number of carbonyl (C=O) groups is 1. The van der Waals surface area contributed by atoms with Crippen LogP contribution in [-0.4, -0.2) is 31.4 Å². The molecule has 0 aliphatic heterocycles. The summed E-state index contributed by atoms with van der Waals surface area (Å²) in [4.78, 5) is 33.8. The fourth-order valence-corrected chi connectivity index (χ4v) is 1.61. The van der Waals surface area contributed by atoms with Crippen molar-refractivity contribution in [3.8, 4) is 0 Å². The second kappa shape index (κ2) is 6.15. The number of aromatic nitrogens is 2. The van der Waals surface area contributed by atoms with Gasteiger partial charge >= 0.3 is 11.7 Å². The molecule has 0 fully saturated rings. The maximum Gasteiger partial charge on any atom is 0.331 e. The second-order valence-electron chi connectivity index (χ2n) is 3.99. The van der Waals surface area contributed by atoms with Gasteiger partial charge in [-0.05, 0) is 6.42 Å². The molecule has 0 spiro atoms. The van der Waals surface area contributed by atoms with Crippen LogP contribution in [0.3, 0.4) is 0 Å². The highest BCUT2D eigenvalue weighted by Crippen LogP contribution is 1.93. The van der Waals surface area contributed by atoms with Crippen LogP contribution in [0, 0.1) is 0 Å². The van der Waals surface area contributed by atoms with Crippen LogP contribution < -0.4 is 11.2 Å². The van der Waals surface area contributed by atoms with Gasteiger partial charge in [-0.15, -0.1) is 0 Å². The number of aliphatic carboxylic acids is 1. The molecule has 1 aromatic rings. The summed E-state index contributed by atoms with van der Waals surface area (Å²) in [6.45, 7) is 2.05. The molecular formula is C11H16N2O5. The van der Waals surface area contributed by atoms with Crippen LogP contribution in [0.4, 0.5) is 0 Å². The number of carboxylic acid groups (broad SMARTS) is 1. The predicted molar refractivity (Wildman–Crippen MR) is 63.5 cm³/mol. The van der Waals surface area contributed by atoms with Gasteiger partial charge in [-0.2, -0.15) is 0 Å². The van der Waals surface area contributed by atoms with Crippen molar-refractivity contribution in [3.05, 3.63) is 33.1 Å². The Bertz CT molecular complexity index is 531. The van der Waals surface area contributed by atoms with E-state index < -0.39 is 29.7 Å². The van der Waals surface area contributed by atoms with Gasteiger partial charge in [0.15, 0.2) is 0 Å². The Kier molecular flexibility index (Phi) is 4.85. The minimum absolute atomic E-state index is 0.311. The summed E-state index contributed by atoms with van der Waals surface area (Å²) >= 11 is 0. The number of nitrogens with zero attached hydrogens (tertiary/aromatic N) is 2. The molecule has 0 bridgehead atoms. The minimum Gasteiger partial charge on any atom is -0.481 e. The summed E-state index contributed by atoms with van der Waals surface area (Å²) in [7, 11) is 0. The zero-order valence-electron chi connectivity index (χ0n) is 10.1. The Morgan fingerprint density at radius 2 is 2.11 bits per heavy atom. The quantitative estimate of drug-likeness (QED) is 0.697. The van der Waals surface area contributed by atoms with E-state index in [4.69, 9.17) is 5.11 Å².